The third-order valence-electron chi connectivity index (χ3n) is 11.8. The van der Waals surface area contributed by atoms with Gasteiger partial charge in [-0.25, -0.2) is 0 Å². The third-order valence-corrected chi connectivity index (χ3v) is 11.8. The van der Waals surface area contributed by atoms with Gasteiger partial charge in [0.05, 0.1) is 16.7 Å². The Kier molecular flexibility index (Phi) is 16.1. The molecule has 0 spiro atoms. The number of aliphatic hydroxyl groups excluding tert-OH is 1. The van der Waals surface area contributed by atoms with E-state index in [1.165, 1.54) is 26.0 Å². The van der Waals surface area contributed by atoms with Crippen molar-refractivity contribution in [2.45, 2.75) is 112 Å². The van der Waals surface area contributed by atoms with Crippen molar-refractivity contribution in [2.75, 3.05) is 0 Å². The average Bonchev–Trinajstić information content (AvgIpc) is 3.19. The van der Waals surface area contributed by atoms with Crippen LogP contribution >= 0.6 is 0 Å². The predicted octanol–water partition coefficient (Wildman–Crippen LogP) is 16.0. The number of hydrogen-bond acceptors (Lipinski definition) is 3. The van der Waals surface area contributed by atoms with Crippen LogP contribution in [0.15, 0.2) is 103 Å². The van der Waals surface area contributed by atoms with E-state index in [-0.39, 0.29) is 60.9 Å². The smallest absolute Gasteiger partial charge is 0.418 e. The summed E-state index contributed by atoms with van der Waals surface area (Å²) in [4.78, 5) is 16.0. The molecular formula is C52H56F6IrNO2-. The van der Waals surface area contributed by atoms with Crippen molar-refractivity contribution >= 4 is 38.1 Å². The largest absolute Gasteiger partial charge is 0.512 e. The minimum absolute atomic E-state index is 0. The topological polar surface area (TPSA) is 50.2 Å². The number of halogens is 6. The van der Waals surface area contributed by atoms with E-state index in [4.69, 9.17) is 0 Å². The third kappa shape index (κ3) is 11.3. The van der Waals surface area contributed by atoms with E-state index in [1.807, 2.05) is 58.0 Å². The molecule has 1 radical (unpaired) electrons. The number of hydrogen-bond donors (Lipinski definition) is 1. The van der Waals surface area contributed by atoms with Crippen LogP contribution < -0.4 is 0 Å². The zero-order valence-corrected chi connectivity index (χ0v) is 39.2. The summed E-state index contributed by atoms with van der Waals surface area (Å²) in [6.45, 7) is 16.7. The SMILES string of the molecule is CC(C)(C)c1cc(-c2cc(-c3ccc4c(ccc5cc(CC(C)(C)C(F)(F)F)ccc54)c3)c(C(F)(F)F)cn2)[c-]c2ccccc12.CCC(CC)C(=O)/C=C(\O)C(CC)CC.[Ir]. The molecule has 0 aliphatic heterocycles. The van der Waals surface area contributed by atoms with Gasteiger partial charge in [-0.05, 0) is 81.8 Å². The molecule has 333 valence electrons. The number of ketones is 1. The molecule has 0 saturated heterocycles. The zero-order chi connectivity index (χ0) is 45.1. The minimum atomic E-state index is -4.64. The van der Waals surface area contributed by atoms with E-state index in [0.29, 0.717) is 27.8 Å². The fraction of sp³-hybridized carbons (Fsp3) is 0.385. The standard InChI is InChI=1S/C39H32F6N.C13H24O2.Ir/c1-36(2,3)33-19-28(18-24-8-6-7-9-31(24)33)35-20-32(34(22-46-35)38(40,41)42)27-13-15-30-26(17-27)12-11-25-16-23(10-14-29(25)30)21-37(4,5)39(43,44)45;1-5-10(6-2)12(14)9-13(15)11(7-3)8-4;/h6-17,19-20,22H,21H2,1-5H3;9-11,14H,5-8H2,1-4H3;/q-1;;/b;12-9-;. The Bertz CT molecular complexity index is 2540. The number of pyridine rings is 1. The number of rotatable bonds is 11. The van der Waals surface area contributed by atoms with Crippen molar-refractivity contribution in [1.82, 2.24) is 4.98 Å². The second kappa shape index (κ2) is 19.9. The molecule has 5 aromatic carbocycles. The van der Waals surface area contributed by atoms with Crippen LogP contribution in [-0.2, 0) is 42.9 Å². The summed E-state index contributed by atoms with van der Waals surface area (Å²) < 4.78 is 83.5. The Morgan fingerprint density at radius 3 is 1.85 bits per heavy atom. The summed E-state index contributed by atoms with van der Waals surface area (Å²) in [5.74, 6) is 0.547. The molecule has 10 heteroatoms. The van der Waals surface area contributed by atoms with Gasteiger partial charge < -0.3 is 5.11 Å². The van der Waals surface area contributed by atoms with Gasteiger partial charge in [-0.15, -0.1) is 29.1 Å². The van der Waals surface area contributed by atoms with Crippen molar-refractivity contribution in [1.29, 1.82) is 0 Å². The van der Waals surface area contributed by atoms with E-state index in [9.17, 15) is 36.2 Å². The Morgan fingerprint density at radius 1 is 0.710 bits per heavy atom. The van der Waals surface area contributed by atoms with Crippen molar-refractivity contribution in [2.24, 2.45) is 17.3 Å². The molecule has 0 atom stereocenters. The molecule has 3 nitrogen and oxygen atoms in total. The summed E-state index contributed by atoms with van der Waals surface area (Å²) >= 11 is 0. The normalized spacial score (nSPS) is 12.8. The number of benzene rings is 5. The first-order valence-electron chi connectivity index (χ1n) is 21.0. The maximum atomic E-state index is 14.3. The Labute approximate surface area is 375 Å². The number of alkyl halides is 6. The molecule has 1 heterocycles. The number of fused-ring (bicyclic) bond motifs is 4. The van der Waals surface area contributed by atoms with Crippen LogP contribution in [0.1, 0.15) is 105 Å². The Hall–Kier alpha value is -4.53. The molecular weight excluding hydrogens is 977 g/mol. The second-order valence-corrected chi connectivity index (χ2v) is 17.6. The number of aromatic nitrogens is 1. The first-order valence-corrected chi connectivity index (χ1v) is 21.0. The van der Waals surface area contributed by atoms with E-state index in [2.05, 4.69) is 31.8 Å². The fourth-order valence-electron chi connectivity index (χ4n) is 7.84. The van der Waals surface area contributed by atoms with Crippen LogP contribution in [0.5, 0.6) is 0 Å². The van der Waals surface area contributed by atoms with Gasteiger partial charge in [-0.2, -0.15) is 26.3 Å². The van der Waals surface area contributed by atoms with E-state index < -0.39 is 23.3 Å². The Balaban J connectivity index is 0.000000453. The van der Waals surface area contributed by atoms with Gasteiger partial charge in [-0.1, -0.05) is 140 Å². The van der Waals surface area contributed by atoms with Crippen molar-refractivity contribution in [3.8, 4) is 22.4 Å². The first kappa shape index (κ1) is 50.1. The number of carbonyl (C=O) groups is 1. The molecule has 6 rings (SSSR count). The molecule has 1 N–H and O–H groups in total. The maximum absolute atomic E-state index is 14.3. The second-order valence-electron chi connectivity index (χ2n) is 17.6. The molecule has 0 bridgehead atoms. The number of nitrogens with zero attached hydrogens (tertiary/aromatic N) is 1. The maximum Gasteiger partial charge on any atom is 0.418 e. The number of aliphatic hydroxyl groups is 1. The molecule has 0 aliphatic carbocycles. The molecule has 0 fully saturated rings. The first-order chi connectivity index (χ1) is 28.5. The Morgan fingerprint density at radius 2 is 1.29 bits per heavy atom. The van der Waals surface area contributed by atoms with Crippen LogP contribution in [0.3, 0.4) is 0 Å². The van der Waals surface area contributed by atoms with Gasteiger partial charge >= 0.3 is 12.4 Å². The van der Waals surface area contributed by atoms with Gasteiger partial charge in [0.25, 0.3) is 0 Å². The average molecular weight is 1030 g/mol. The van der Waals surface area contributed by atoms with Gasteiger partial charge in [0.2, 0.25) is 0 Å². The van der Waals surface area contributed by atoms with Crippen molar-refractivity contribution in [3.63, 3.8) is 0 Å². The molecule has 0 amide bonds. The van der Waals surface area contributed by atoms with Crippen LogP contribution in [0.2, 0.25) is 0 Å². The molecule has 1 aromatic heterocycles. The molecule has 0 unspecified atom stereocenters. The summed E-state index contributed by atoms with van der Waals surface area (Å²) in [6.07, 6.45) is -3.35. The van der Waals surface area contributed by atoms with E-state index in [1.54, 1.807) is 48.5 Å². The molecule has 0 saturated carbocycles. The summed E-state index contributed by atoms with van der Waals surface area (Å²) in [5, 5.41) is 14.7. The van der Waals surface area contributed by atoms with Crippen LogP contribution in [0.4, 0.5) is 26.3 Å². The monoisotopic (exact) mass is 1030 g/mol. The summed E-state index contributed by atoms with van der Waals surface area (Å²) in [6, 6.07) is 28.6. The quantitative estimate of drug-likeness (QED) is 0.0462. The molecule has 0 aliphatic rings. The van der Waals surface area contributed by atoms with Gasteiger partial charge in [0.15, 0.2) is 5.78 Å². The number of allylic oxidation sites excluding steroid dienone is 2. The van der Waals surface area contributed by atoms with Gasteiger partial charge in [-0.3, -0.25) is 9.78 Å². The predicted molar refractivity (Wildman–Crippen MR) is 238 cm³/mol. The zero-order valence-electron chi connectivity index (χ0n) is 36.8. The van der Waals surface area contributed by atoms with Crippen LogP contribution in [-0.4, -0.2) is 22.1 Å². The number of carbonyl (C=O) groups excluding carboxylic acids is 1. The van der Waals surface area contributed by atoms with E-state index >= 15 is 0 Å². The summed E-state index contributed by atoms with van der Waals surface area (Å²) in [7, 11) is 0. The summed E-state index contributed by atoms with van der Waals surface area (Å²) in [5.41, 5.74) is 0.0193. The van der Waals surface area contributed by atoms with Crippen LogP contribution in [0.25, 0.3) is 54.7 Å². The molecule has 62 heavy (non-hydrogen) atoms. The van der Waals surface area contributed by atoms with Gasteiger partial charge in [0.1, 0.15) is 0 Å². The minimum Gasteiger partial charge on any atom is -0.512 e. The molecule has 6 aromatic rings. The van der Waals surface area contributed by atoms with E-state index in [0.717, 1.165) is 64.4 Å². The van der Waals surface area contributed by atoms with Gasteiger partial charge in [0, 0.05) is 49.9 Å². The van der Waals surface area contributed by atoms with Crippen molar-refractivity contribution < 1.29 is 56.3 Å². The van der Waals surface area contributed by atoms with Crippen LogP contribution in [0, 0.1) is 23.3 Å². The van der Waals surface area contributed by atoms with Crippen molar-refractivity contribution in [3.05, 3.63) is 126 Å². The fourth-order valence-corrected chi connectivity index (χ4v) is 7.84.